The van der Waals surface area contributed by atoms with E-state index in [2.05, 4.69) is 13.8 Å². The lowest BCUT2D eigenvalue weighted by Gasteiger charge is -2.03. The van der Waals surface area contributed by atoms with Gasteiger partial charge in [0.05, 0.1) is 12.2 Å². The molecule has 22 heavy (non-hydrogen) atoms. The molecule has 0 spiro atoms. The molecule has 1 heteroatoms. The molecule has 1 rings (SSSR count). The molecule has 1 saturated heterocycles. The molecule has 0 aromatic carbocycles. The molecule has 132 valence electrons. The predicted octanol–water partition coefficient (Wildman–Crippen LogP) is 7.43. The maximum absolute atomic E-state index is 5.59. The average molecular weight is 311 g/mol. The molecule has 0 bridgehead atoms. The molecule has 0 aromatic heterocycles. The number of hydrogen-bond donors (Lipinski definition) is 0. The van der Waals surface area contributed by atoms with Crippen molar-refractivity contribution < 1.29 is 4.74 Å². The van der Waals surface area contributed by atoms with E-state index in [1.807, 2.05) is 0 Å². The lowest BCUT2D eigenvalue weighted by atomic mass is 10.0. The first-order valence-electron chi connectivity index (χ1n) is 10.5. The van der Waals surface area contributed by atoms with Crippen LogP contribution < -0.4 is 0 Å². The molecule has 0 amide bonds. The Bertz CT molecular complexity index is 226. The summed E-state index contributed by atoms with van der Waals surface area (Å²) in [6.07, 6.45) is 25.6. The van der Waals surface area contributed by atoms with Crippen molar-refractivity contribution in [3.63, 3.8) is 0 Å². The van der Waals surface area contributed by atoms with Gasteiger partial charge in [0.25, 0.3) is 0 Å². The first kappa shape index (κ1) is 20.0. The topological polar surface area (TPSA) is 12.5 Å². The van der Waals surface area contributed by atoms with E-state index in [-0.39, 0.29) is 0 Å². The molecule has 2 unspecified atom stereocenters. The second-order valence-corrected chi connectivity index (χ2v) is 7.36. The molecule has 0 radical (unpaired) electrons. The van der Waals surface area contributed by atoms with Gasteiger partial charge in [-0.25, -0.2) is 0 Å². The summed E-state index contributed by atoms with van der Waals surface area (Å²) >= 11 is 0. The van der Waals surface area contributed by atoms with Crippen LogP contribution in [-0.2, 0) is 4.74 Å². The van der Waals surface area contributed by atoms with E-state index < -0.39 is 0 Å². The van der Waals surface area contributed by atoms with E-state index in [9.17, 15) is 0 Å². The molecule has 1 heterocycles. The van der Waals surface area contributed by atoms with E-state index in [1.165, 1.54) is 109 Å². The highest BCUT2D eigenvalue weighted by Crippen LogP contribution is 2.29. The molecule has 1 nitrogen and oxygen atoms in total. The third kappa shape index (κ3) is 11.5. The molecule has 1 aliphatic rings. The molecule has 0 aromatic rings. The zero-order valence-corrected chi connectivity index (χ0v) is 15.6. The van der Waals surface area contributed by atoms with Gasteiger partial charge in [-0.3, -0.25) is 0 Å². The van der Waals surface area contributed by atoms with Gasteiger partial charge in [0.2, 0.25) is 0 Å². The Kier molecular flexibility index (Phi) is 13.2. The summed E-state index contributed by atoms with van der Waals surface area (Å²) in [6.45, 7) is 4.53. The van der Waals surface area contributed by atoms with Crippen LogP contribution in [0, 0.1) is 0 Å². The van der Waals surface area contributed by atoms with Crippen molar-refractivity contribution in [2.24, 2.45) is 0 Å². The van der Waals surface area contributed by atoms with Crippen LogP contribution in [0.2, 0.25) is 0 Å². The number of hydrogen-bond acceptors (Lipinski definition) is 1. The summed E-state index contributed by atoms with van der Waals surface area (Å²) in [6, 6.07) is 0. The molecule has 1 aliphatic heterocycles. The maximum atomic E-state index is 5.59. The van der Waals surface area contributed by atoms with Gasteiger partial charge in [-0.1, -0.05) is 110 Å². The van der Waals surface area contributed by atoms with E-state index >= 15 is 0 Å². The zero-order chi connectivity index (χ0) is 15.9. The average Bonchev–Trinajstić information content (AvgIpc) is 3.30. The predicted molar refractivity (Wildman–Crippen MR) is 98.5 cm³/mol. The SMILES string of the molecule is CCCCCCCCCCCCCCCCCC1OC1CC. The molecule has 0 aliphatic carbocycles. The van der Waals surface area contributed by atoms with Gasteiger partial charge in [-0.15, -0.1) is 0 Å². The molecule has 2 atom stereocenters. The fourth-order valence-corrected chi connectivity index (χ4v) is 3.51. The Hall–Kier alpha value is -0.0400. The van der Waals surface area contributed by atoms with Crippen LogP contribution in [0.5, 0.6) is 0 Å². The normalized spacial score (nSPS) is 20.5. The van der Waals surface area contributed by atoms with Gasteiger partial charge in [-0.2, -0.15) is 0 Å². The van der Waals surface area contributed by atoms with Crippen LogP contribution >= 0.6 is 0 Å². The van der Waals surface area contributed by atoms with Crippen molar-refractivity contribution in [2.75, 3.05) is 0 Å². The zero-order valence-electron chi connectivity index (χ0n) is 15.6. The first-order valence-corrected chi connectivity index (χ1v) is 10.5. The second-order valence-electron chi connectivity index (χ2n) is 7.36. The number of ether oxygens (including phenoxy) is 1. The molecule has 1 fully saturated rings. The summed E-state index contributed by atoms with van der Waals surface area (Å²) in [5.41, 5.74) is 0. The van der Waals surface area contributed by atoms with Crippen molar-refractivity contribution >= 4 is 0 Å². The molecular weight excluding hydrogens is 268 g/mol. The molecular formula is C21H42O. The van der Waals surface area contributed by atoms with Gasteiger partial charge in [0, 0.05) is 0 Å². The Balaban J connectivity index is 1.63. The minimum atomic E-state index is 0.617. The van der Waals surface area contributed by atoms with Crippen LogP contribution in [0.1, 0.15) is 123 Å². The van der Waals surface area contributed by atoms with Crippen molar-refractivity contribution in [1.82, 2.24) is 0 Å². The van der Waals surface area contributed by atoms with Crippen molar-refractivity contribution in [3.8, 4) is 0 Å². The Morgan fingerprint density at radius 3 is 1.27 bits per heavy atom. The Morgan fingerprint density at radius 1 is 0.500 bits per heavy atom. The quantitative estimate of drug-likeness (QED) is 0.201. The summed E-state index contributed by atoms with van der Waals surface area (Å²) in [7, 11) is 0. The monoisotopic (exact) mass is 310 g/mol. The van der Waals surface area contributed by atoms with E-state index in [0.29, 0.717) is 12.2 Å². The second kappa shape index (κ2) is 14.5. The highest BCUT2D eigenvalue weighted by atomic mass is 16.6. The Morgan fingerprint density at radius 2 is 0.909 bits per heavy atom. The highest BCUT2D eigenvalue weighted by Gasteiger charge is 2.35. The summed E-state index contributed by atoms with van der Waals surface area (Å²) in [5, 5.41) is 0. The summed E-state index contributed by atoms with van der Waals surface area (Å²) < 4.78 is 5.59. The maximum Gasteiger partial charge on any atom is 0.0841 e. The number of unbranched alkanes of at least 4 members (excludes halogenated alkanes) is 14. The van der Waals surface area contributed by atoms with Crippen LogP contribution in [0.25, 0.3) is 0 Å². The smallest absolute Gasteiger partial charge is 0.0841 e. The van der Waals surface area contributed by atoms with Crippen LogP contribution in [0.4, 0.5) is 0 Å². The standard InChI is InChI=1S/C21H42O/c1-3-5-6-7-8-9-10-11-12-13-14-15-16-17-18-19-21-20(4-2)22-21/h20-21H,3-19H2,1-2H3. The van der Waals surface area contributed by atoms with Crippen LogP contribution in [0.15, 0.2) is 0 Å². The van der Waals surface area contributed by atoms with Crippen molar-refractivity contribution in [3.05, 3.63) is 0 Å². The van der Waals surface area contributed by atoms with Gasteiger partial charge in [0.1, 0.15) is 0 Å². The summed E-state index contributed by atoms with van der Waals surface area (Å²) in [4.78, 5) is 0. The lowest BCUT2D eigenvalue weighted by molar-refractivity contribution is 0.355. The number of epoxide rings is 1. The fraction of sp³-hybridized carbons (Fsp3) is 1.00. The number of rotatable bonds is 17. The third-order valence-electron chi connectivity index (χ3n) is 5.18. The minimum absolute atomic E-state index is 0.617. The van der Waals surface area contributed by atoms with Gasteiger partial charge < -0.3 is 4.74 Å². The van der Waals surface area contributed by atoms with Gasteiger partial charge >= 0.3 is 0 Å². The Labute approximate surface area is 140 Å². The first-order chi connectivity index (χ1) is 10.9. The van der Waals surface area contributed by atoms with Crippen LogP contribution in [0.3, 0.4) is 0 Å². The van der Waals surface area contributed by atoms with Crippen molar-refractivity contribution in [1.29, 1.82) is 0 Å². The van der Waals surface area contributed by atoms with Gasteiger partial charge in [0.15, 0.2) is 0 Å². The van der Waals surface area contributed by atoms with E-state index in [4.69, 9.17) is 4.74 Å². The van der Waals surface area contributed by atoms with E-state index in [0.717, 1.165) is 0 Å². The largest absolute Gasteiger partial charge is 0.370 e. The minimum Gasteiger partial charge on any atom is -0.370 e. The fourth-order valence-electron chi connectivity index (χ4n) is 3.51. The van der Waals surface area contributed by atoms with Gasteiger partial charge in [-0.05, 0) is 12.8 Å². The third-order valence-corrected chi connectivity index (χ3v) is 5.18. The van der Waals surface area contributed by atoms with Crippen LogP contribution in [-0.4, -0.2) is 12.2 Å². The highest BCUT2D eigenvalue weighted by molar-refractivity contribution is 4.82. The summed E-state index contributed by atoms with van der Waals surface area (Å²) in [5.74, 6) is 0. The molecule has 0 saturated carbocycles. The van der Waals surface area contributed by atoms with E-state index in [1.54, 1.807) is 0 Å². The van der Waals surface area contributed by atoms with Crippen molar-refractivity contribution in [2.45, 2.75) is 135 Å². The lowest BCUT2D eigenvalue weighted by Crippen LogP contribution is -1.92. The molecule has 0 N–H and O–H groups in total.